The monoisotopic (exact) mass is 422 g/mol. The maximum atomic E-state index is 13.2. The number of carbonyl (C=O) groups is 3. The minimum atomic E-state index is -0.0119. The minimum absolute atomic E-state index is 0.0119. The third-order valence-corrected chi connectivity index (χ3v) is 9.00. The van der Waals surface area contributed by atoms with E-state index in [-0.39, 0.29) is 35.0 Å². The van der Waals surface area contributed by atoms with Crippen LogP contribution in [0.3, 0.4) is 0 Å². The molecule has 5 atom stereocenters. The lowest BCUT2D eigenvalue weighted by atomic mass is 9.77. The number of hydrogen-bond acceptors (Lipinski definition) is 4. The molecule has 4 bridgehead atoms. The standard InChI is InChI=1S/C25H30N2O4/c1-31-16-4-2-3-15(11-16)12-19(28)26-8-5-25(6-9-26)7-10-27(14-25)24(30)22-18-13-17-20(22)21(17)23(18)29/h2-4,11,17-18,20-22H,5-10,12-14H2,1H3/t17-,18+,20+,21-,22-/m1/s1. The lowest BCUT2D eigenvalue weighted by Crippen LogP contribution is -2.45. The molecule has 6 heteroatoms. The van der Waals surface area contributed by atoms with Gasteiger partial charge in [-0.1, -0.05) is 12.1 Å². The van der Waals surface area contributed by atoms with Crippen LogP contribution in [0.5, 0.6) is 5.75 Å². The molecule has 0 unspecified atom stereocenters. The highest BCUT2D eigenvalue weighted by atomic mass is 16.5. The van der Waals surface area contributed by atoms with Gasteiger partial charge < -0.3 is 14.5 Å². The van der Waals surface area contributed by atoms with Crippen molar-refractivity contribution in [2.24, 2.45) is 35.0 Å². The van der Waals surface area contributed by atoms with Gasteiger partial charge in [0.25, 0.3) is 0 Å². The van der Waals surface area contributed by atoms with E-state index in [0.717, 1.165) is 63.2 Å². The summed E-state index contributed by atoms with van der Waals surface area (Å²) in [7, 11) is 1.64. The van der Waals surface area contributed by atoms with Crippen LogP contribution in [0.15, 0.2) is 24.3 Å². The van der Waals surface area contributed by atoms with Gasteiger partial charge in [0.15, 0.2) is 0 Å². The highest BCUT2D eigenvalue weighted by molar-refractivity contribution is 6.00. The van der Waals surface area contributed by atoms with Crippen LogP contribution in [0, 0.1) is 35.0 Å². The second kappa shape index (κ2) is 6.81. The van der Waals surface area contributed by atoms with Crippen molar-refractivity contribution < 1.29 is 19.1 Å². The van der Waals surface area contributed by atoms with E-state index in [4.69, 9.17) is 4.74 Å². The Morgan fingerprint density at radius 1 is 1.13 bits per heavy atom. The average molecular weight is 423 g/mol. The van der Waals surface area contributed by atoms with Gasteiger partial charge in [0.2, 0.25) is 11.8 Å². The van der Waals surface area contributed by atoms with E-state index in [1.165, 1.54) is 0 Å². The van der Waals surface area contributed by atoms with Crippen molar-refractivity contribution >= 4 is 17.6 Å². The summed E-state index contributed by atoms with van der Waals surface area (Å²) in [4.78, 5) is 42.3. The van der Waals surface area contributed by atoms with Gasteiger partial charge in [0.05, 0.1) is 19.4 Å². The SMILES string of the molecule is COc1cccc(CC(=O)N2CCC3(CC2)CCN(C(=O)[C@H]2[C@H]4[C@H]5C[C@@H]2C(=O)[C@H]54)C3)c1. The second-order valence-electron chi connectivity index (χ2n) is 10.5. The highest BCUT2D eigenvalue weighted by Crippen LogP contribution is 2.71. The van der Waals surface area contributed by atoms with Gasteiger partial charge in [-0.3, -0.25) is 14.4 Å². The number of hydrogen-bond donors (Lipinski definition) is 0. The molecule has 4 aliphatic carbocycles. The second-order valence-corrected chi connectivity index (χ2v) is 10.5. The number of rotatable bonds is 4. The lowest BCUT2D eigenvalue weighted by molar-refractivity contribution is -0.138. The van der Waals surface area contributed by atoms with Crippen LogP contribution in [0.2, 0.25) is 0 Å². The zero-order valence-electron chi connectivity index (χ0n) is 18.1. The van der Waals surface area contributed by atoms with Gasteiger partial charge in [-0.2, -0.15) is 0 Å². The first kappa shape index (κ1) is 19.3. The first-order valence-electron chi connectivity index (χ1n) is 11.7. The lowest BCUT2D eigenvalue weighted by Gasteiger charge is -2.39. The van der Waals surface area contributed by atoms with Crippen molar-refractivity contribution in [1.29, 1.82) is 0 Å². The maximum Gasteiger partial charge on any atom is 0.226 e. The Labute approximate surface area is 182 Å². The van der Waals surface area contributed by atoms with Crippen LogP contribution in [0.25, 0.3) is 0 Å². The van der Waals surface area contributed by atoms with Crippen molar-refractivity contribution in [2.75, 3.05) is 33.3 Å². The number of benzene rings is 1. The van der Waals surface area contributed by atoms with E-state index < -0.39 is 0 Å². The summed E-state index contributed by atoms with van der Waals surface area (Å²) in [6, 6.07) is 7.70. The summed E-state index contributed by atoms with van der Waals surface area (Å²) >= 11 is 0. The largest absolute Gasteiger partial charge is 0.497 e. The van der Waals surface area contributed by atoms with Gasteiger partial charge in [-0.15, -0.1) is 0 Å². The predicted molar refractivity (Wildman–Crippen MR) is 113 cm³/mol. The van der Waals surface area contributed by atoms with Gasteiger partial charge in [-0.25, -0.2) is 0 Å². The smallest absolute Gasteiger partial charge is 0.226 e. The molecule has 2 saturated heterocycles. The van der Waals surface area contributed by atoms with Crippen molar-refractivity contribution in [3.05, 3.63) is 29.8 Å². The summed E-state index contributed by atoms with van der Waals surface area (Å²) in [5.41, 5.74) is 1.13. The molecule has 7 rings (SSSR count). The molecule has 0 radical (unpaired) electrons. The molecule has 6 nitrogen and oxygen atoms in total. The van der Waals surface area contributed by atoms with Crippen molar-refractivity contribution in [2.45, 2.75) is 32.1 Å². The molecule has 1 spiro atoms. The quantitative estimate of drug-likeness (QED) is 0.746. The summed E-state index contributed by atoms with van der Waals surface area (Å²) in [5.74, 6) is 2.72. The van der Waals surface area contributed by atoms with Crippen LogP contribution in [-0.4, -0.2) is 60.7 Å². The number of amides is 2. The molecule has 1 aromatic rings. The van der Waals surface area contributed by atoms with Crippen molar-refractivity contribution in [1.82, 2.24) is 9.80 Å². The molecule has 2 amide bonds. The van der Waals surface area contributed by atoms with Gasteiger partial charge in [0, 0.05) is 38.0 Å². The van der Waals surface area contributed by atoms with Crippen LogP contribution >= 0.6 is 0 Å². The maximum absolute atomic E-state index is 13.2. The van der Waals surface area contributed by atoms with E-state index in [1.807, 2.05) is 29.2 Å². The Balaban J connectivity index is 1.04. The summed E-state index contributed by atoms with van der Waals surface area (Å²) in [6.45, 7) is 3.16. The van der Waals surface area contributed by atoms with Crippen LogP contribution in [0.4, 0.5) is 0 Å². The van der Waals surface area contributed by atoms with E-state index in [1.54, 1.807) is 7.11 Å². The number of Topliss-reactive ketones (excluding diaryl/α,β-unsaturated/α-hetero) is 1. The summed E-state index contributed by atoms with van der Waals surface area (Å²) in [6.07, 6.45) is 4.31. The number of ketones is 1. The summed E-state index contributed by atoms with van der Waals surface area (Å²) in [5, 5.41) is 0. The number of carbonyl (C=O) groups excluding carboxylic acids is 3. The van der Waals surface area contributed by atoms with Gasteiger partial charge in [-0.05, 0) is 60.6 Å². The molecule has 6 fully saturated rings. The average Bonchev–Trinajstić information content (AvgIpc) is 3.13. The topological polar surface area (TPSA) is 66.9 Å². The van der Waals surface area contributed by atoms with Gasteiger partial charge >= 0.3 is 0 Å². The minimum Gasteiger partial charge on any atom is -0.497 e. The molecule has 0 aromatic heterocycles. The molecular weight excluding hydrogens is 392 g/mol. The first-order chi connectivity index (χ1) is 15.0. The molecule has 0 N–H and O–H groups in total. The Kier molecular flexibility index (Phi) is 4.25. The van der Waals surface area contributed by atoms with Crippen LogP contribution < -0.4 is 4.74 Å². The van der Waals surface area contributed by atoms with Crippen LogP contribution in [0.1, 0.15) is 31.2 Å². The van der Waals surface area contributed by atoms with E-state index in [0.29, 0.717) is 24.0 Å². The van der Waals surface area contributed by atoms with E-state index >= 15 is 0 Å². The number of ether oxygens (including phenoxy) is 1. The molecule has 4 saturated carbocycles. The Morgan fingerprint density at radius 2 is 1.87 bits per heavy atom. The molecular formula is C25H30N2O4. The molecule has 164 valence electrons. The number of methoxy groups -OCH3 is 1. The highest BCUT2D eigenvalue weighted by Gasteiger charge is 2.75. The third kappa shape index (κ3) is 2.94. The molecule has 2 heterocycles. The zero-order valence-corrected chi connectivity index (χ0v) is 18.1. The molecule has 1 aromatic carbocycles. The Bertz CT molecular complexity index is 951. The molecule has 6 aliphatic rings. The number of likely N-dealkylation sites (tertiary alicyclic amines) is 2. The van der Waals surface area contributed by atoms with Crippen LogP contribution in [-0.2, 0) is 20.8 Å². The normalized spacial score (nSPS) is 34.5. The van der Waals surface area contributed by atoms with Crippen molar-refractivity contribution in [3.63, 3.8) is 0 Å². The predicted octanol–water partition coefficient (Wildman–Crippen LogP) is 2.16. The zero-order chi connectivity index (χ0) is 21.3. The molecule has 31 heavy (non-hydrogen) atoms. The Morgan fingerprint density at radius 3 is 2.48 bits per heavy atom. The fraction of sp³-hybridized carbons (Fsp3) is 0.640. The number of piperidine rings is 1. The number of nitrogens with zero attached hydrogens (tertiary/aromatic N) is 2. The van der Waals surface area contributed by atoms with E-state index in [9.17, 15) is 14.4 Å². The van der Waals surface area contributed by atoms with Crippen molar-refractivity contribution in [3.8, 4) is 5.75 Å². The first-order valence-corrected chi connectivity index (χ1v) is 11.7. The Hall–Kier alpha value is -2.37. The fourth-order valence-electron chi connectivity index (χ4n) is 7.22. The molecule has 2 aliphatic heterocycles. The van der Waals surface area contributed by atoms with Gasteiger partial charge in [0.1, 0.15) is 11.5 Å². The third-order valence-electron chi connectivity index (χ3n) is 9.00. The fourth-order valence-corrected chi connectivity index (χ4v) is 7.22. The summed E-state index contributed by atoms with van der Waals surface area (Å²) < 4.78 is 5.26. The van der Waals surface area contributed by atoms with E-state index in [2.05, 4.69) is 4.90 Å².